The lowest BCUT2D eigenvalue weighted by molar-refractivity contribution is -0.136. The molecule has 0 aliphatic heterocycles. The molecule has 0 atom stereocenters. The van der Waals surface area contributed by atoms with Gasteiger partial charge >= 0.3 is 5.97 Å². The van der Waals surface area contributed by atoms with E-state index < -0.39 is 0 Å². The van der Waals surface area contributed by atoms with Gasteiger partial charge in [-0.3, -0.25) is 4.79 Å². The van der Waals surface area contributed by atoms with Crippen LogP contribution in [-0.2, 0) is 23.8 Å². The molecule has 0 fully saturated rings. The number of hydrogen-bond acceptors (Lipinski definition) is 5. The number of Topliss-reactive ketones (excluding diaryl/α,β-unsaturated/α-hetero) is 1. The first kappa shape index (κ1) is 22.1. The average Bonchev–Trinajstić information content (AvgIpc) is 3.03. The van der Waals surface area contributed by atoms with E-state index in [1.165, 1.54) is 0 Å². The normalized spacial score (nSPS) is 16.8. The van der Waals surface area contributed by atoms with Crippen LogP contribution in [0.15, 0.2) is 47.1 Å². The highest BCUT2D eigenvalue weighted by Gasteiger charge is 2.41. The van der Waals surface area contributed by atoms with Crippen LogP contribution in [0.25, 0.3) is 5.57 Å². The van der Waals surface area contributed by atoms with Crippen LogP contribution in [0.1, 0.15) is 39.2 Å². The van der Waals surface area contributed by atoms with Gasteiger partial charge in [0.2, 0.25) is 0 Å². The van der Waals surface area contributed by atoms with Crippen molar-refractivity contribution in [2.45, 2.75) is 33.6 Å². The van der Waals surface area contributed by atoms with Gasteiger partial charge in [0.15, 0.2) is 5.78 Å². The van der Waals surface area contributed by atoms with Gasteiger partial charge in [-0.2, -0.15) is 0 Å². The summed E-state index contributed by atoms with van der Waals surface area (Å²) < 4.78 is 16.2. The lowest BCUT2D eigenvalue weighted by Crippen LogP contribution is -2.29. The van der Waals surface area contributed by atoms with Crippen molar-refractivity contribution in [1.29, 1.82) is 0 Å². The number of hydrogen-bond donors (Lipinski definition) is 0. The Morgan fingerprint density at radius 3 is 2.04 bits per heavy atom. The maximum absolute atomic E-state index is 12.8. The third kappa shape index (κ3) is 4.78. The Balaban J connectivity index is 2.61. The summed E-state index contributed by atoms with van der Waals surface area (Å²) in [6, 6.07) is 9.44. The van der Waals surface area contributed by atoms with Gasteiger partial charge in [0.1, 0.15) is 0 Å². The van der Waals surface area contributed by atoms with Gasteiger partial charge in [0, 0.05) is 19.6 Å². The molecule has 0 bridgehead atoms. The molecule has 0 radical (unpaired) electrons. The quantitative estimate of drug-likeness (QED) is 0.474. The molecule has 1 aromatic rings. The predicted molar refractivity (Wildman–Crippen MR) is 109 cm³/mol. The number of ether oxygens (including phenoxy) is 3. The van der Waals surface area contributed by atoms with E-state index in [-0.39, 0.29) is 17.2 Å². The second-order valence-corrected chi connectivity index (χ2v) is 7.32. The molecule has 28 heavy (non-hydrogen) atoms. The molecule has 0 saturated heterocycles. The van der Waals surface area contributed by atoms with Crippen LogP contribution in [0.5, 0.6) is 0 Å². The minimum atomic E-state index is -0.377. The zero-order valence-electron chi connectivity index (χ0n) is 17.5. The van der Waals surface area contributed by atoms with E-state index in [1.807, 2.05) is 37.3 Å². The summed E-state index contributed by atoms with van der Waals surface area (Å²) in [6.45, 7) is 6.51. The molecule has 0 unspecified atom stereocenters. The Bertz CT molecular complexity index is 767. The molecule has 0 aromatic heterocycles. The van der Waals surface area contributed by atoms with Crippen molar-refractivity contribution in [2.24, 2.45) is 5.41 Å². The average molecular weight is 386 g/mol. The third-order valence-corrected chi connectivity index (χ3v) is 5.16. The van der Waals surface area contributed by atoms with Gasteiger partial charge < -0.3 is 14.2 Å². The van der Waals surface area contributed by atoms with Crippen molar-refractivity contribution >= 4 is 17.3 Å². The summed E-state index contributed by atoms with van der Waals surface area (Å²) in [5.74, 6) is -0.364. The van der Waals surface area contributed by atoms with Crippen LogP contribution in [0.2, 0.25) is 0 Å². The van der Waals surface area contributed by atoms with E-state index in [4.69, 9.17) is 14.2 Å². The first-order valence-electron chi connectivity index (χ1n) is 9.53. The van der Waals surface area contributed by atoms with Crippen LogP contribution in [0.3, 0.4) is 0 Å². The monoisotopic (exact) mass is 386 g/mol. The molecule has 5 nitrogen and oxygen atoms in total. The highest BCUT2D eigenvalue weighted by Crippen LogP contribution is 2.46. The maximum Gasteiger partial charge on any atom is 0.339 e. The minimum absolute atomic E-state index is 0.0136. The van der Waals surface area contributed by atoms with E-state index in [0.717, 1.165) is 22.3 Å². The number of carbonyl (C=O) groups is 2. The zero-order valence-corrected chi connectivity index (χ0v) is 17.5. The second kappa shape index (κ2) is 9.80. The minimum Gasteiger partial charge on any atom is -0.462 e. The Kier molecular flexibility index (Phi) is 7.72. The lowest BCUT2D eigenvalue weighted by atomic mass is 9.84. The third-order valence-electron chi connectivity index (χ3n) is 5.16. The van der Waals surface area contributed by atoms with Crippen LogP contribution in [0.4, 0.5) is 0 Å². The van der Waals surface area contributed by atoms with Crippen molar-refractivity contribution in [2.75, 3.05) is 34.0 Å². The Labute approximate surface area is 167 Å². The number of allylic oxidation sites excluding steroid dienone is 3. The maximum atomic E-state index is 12.8. The molecule has 0 amide bonds. The van der Waals surface area contributed by atoms with Gasteiger partial charge in [-0.1, -0.05) is 30.3 Å². The fraction of sp³-hybridized carbons (Fsp3) is 0.478. The molecule has 5 heteroatoms. The fourth-order valence-corrected chi connectivity index (χ4v) is 4.03. The Morgan fingerprint density at radius 1 is 0.964 bits per heavy atom. The summed E-state index contributed by atoms with van der Waals surface area (Å²) in [4.78, 5) is 25.2. The van der Waals surface area contributed by atoms with Crippen LogP contribution in [0, 0.1) is 5.41 Å². The number of ketones is 1. The van der Waals surface area contributed by atoms with Gasteiger partial charge in [0.25, 0.3) is 0 Å². The zero-order chi connectivity index (χ0) is 20.7. The van der Waals surface area contributed by atoms with Gasteiger partial charge in [0.05, 0.1) is 25.4 Å². The van der Waals surface area contributed by atoms with E-state index in [1.54, 1.807) is 28.1 Å². The molecule has 1 aromatic carbocycles. The summed E-state index contributed by atoms with van der Waals surface area (Å²) >= 11 is 0. The summed E-state index contributed by atoms with van der Waals surface area (Å²) in [6.07, 6.45) is 1.19. The highest BCUT2D eigenvalue weighted by molar-refractivity contribution is 6.18. The van der Waals surface area contributed by atoms with E-state index in [9.17, 15) is 9.59 Å². The fourth-order valence-electron chi connectivity index (χ4n) is 4.03. The summed E-state index contributed by atoms with van der Waals surface area (Å²) in [7, 11) is 3.30. The van der Waals surface area contributed by atoms with Gasteiger partial charge in [-0.15, -0.1) is 0 Å². The molecule has 0 saturated carbocycles. The van der Waals surface area contributed by atoms with E-state index >= 15 is 0 Å². The van der Waals surface area contributed by atoms with Gasteiger partial charge in [-0.25, -0.2) is 4.79 Å². The largest absolute Gasteiger partial charge is 0.462 e. The molecule has 1 aliphatic rings. The van der Waals surface area contributed by atoms with Crippen LogP contribution >= 0.6 is 0 Å². The first-order chi connectivity index (χ1) is 13.4. The van der Waals surface area contributed by atoms with E-state index in [0.29, 0.717) is 38.2 Å². The van der Waals surface area contributed by atoms with Crippen molar-refractivity contribution < 1.29 is 23.8 Å². The Hall–Kier alpha value is -2.24. The summed E-state index contributed by atoms with van der Waals surface area (Å²) in [5.41, 5.74) is 3.39. The predicted octanol–water partition coefficient (Wildman–Crippen LogP) is 3.98. The SMILES string of the molecule is CCOC(=O)/C(=C(/C)C1=C(C(C)=O)CC(COC)(COC)C1)c1ccccc1. The molecular formula is C23H30O5. The lowest BCUT2D eigenvalue weighted by Gasteiger charge is -2.28. The van der Waals surface area contributed by atoms with Crippen molar-refractivity contribution in [3.05, 3.63) is 52.6 Å². The van der Waals surface area contributed by atoms with Crippen molar-refractivity contribution in [3.8, 4) is 0 Å². The smallest absolute Gasteiger partial charge is 0.339 e. The summed E-state index contributed by atoms with van der Waals surface area (Å²) in [5, 5.41) is 0. The van der Waals surface area contributed by atoms with Crippen LogP contribution < -0.4 is 0 Å². The Morgan fingerprint density at radius 2 is 1.54 bits per heavy atom. The molecular weight excluding hydrogens is 356 g/mol. The van der Waals surface area contributed by atoms with Crippen molar-refractivity contribution in [1.82, 2.24) is 0 Å². The molecule has 2 rings (SSSR count). The number of rotatable bonds is 9. The van der Waals surface area contributed by atoms with Crippen LogP contribution in [-0.4, -0.2) is 45.8 Å². The number of esters is 1. The molecule has 1 aliphatic carbocycles. The van der Waals surface area contributed by atoms with E-state index in [2.05, 4.69) is 0 Å². The topological polar surface area (TPSA) is 61.8 Å². The van der Waals surface area contributed by atoms with Crippen molar-refractivity contribution in [3.63, 3.8) is 0 Å². The standard InChI is InChI=1S/C23H30O5/c1-6-28-22(25)21(18-10-8-7-9-11-18)16(2)19-12-23(14-26-4,15-27-5)13-20(19)17(3)24/h7-11H,6,12-15H2,1-5H3/b21-16-. The number of methoxy groups -OCH3 is 2. The number of carbonyl (C=O) groups excluding carboxylic acids is 2. The van der Waals surface area contributed by atoms with Gasteiger partial charge in [-0.05, 0) is 55.9 Å². The second-order valence-electron chi connectivity index (χ2n) is 7.32. The highest BCUT2D eigenvalue weighted by atomic mass is 16.5. The molecule has 0 N–H and O–H groups in total. The first-order valence-corrected chi connectivity index (χ1v) is 9.53. The molecule has 0 spiro atoms. The number of benzene rings is 1. The molecule has 152 valence electrons. The molecule has 0 heterocycles.